The Kier molecular flexibility index (Phi) is 5.20. The molecule has 0 unspecified atom stereocenters. The molecule has 2 fully saturated rings. The summed E-state index contributed by atoms with van der Waals surface area (Å²) in [7, 11) is 1.90. The van der Waals surface area contributed by atoms with Crippen molar-refractivity contribution >= 4 is 5.91 Å². The van der Waals surface area contributed by atoms with E-state index >= 15 is 0 Å². The van der Waals surface area contributed by atoms with Crippen molar-refractivity contribution in [2.45, 2.75) is 38.1 Å². The molecule has 142 valence electrons. The first-order chi connectivity index (χ1) is 12.7. The van der Waals surface area contributed by atoms with Crippen LogP contribution in [0.3, 0.4) is 0 Å². The second-order valence-electron chi connectivity index (χ2n) is 7.58. The number of amides is 1. The van der Waals surface area contributed by atoms with Crippen LogP contribution in [0.15, 0.2) is 18.2 Å². The van der Waals surface area contributed by atoms with Gasteiger partial charge in [0.25, 0.3) is 5.91 Å². The first kappa shape index (κ1) is 17.5. The number of hydrogen-bond donors (Lipinski definition) is 0. The van der Waals surface area contributed by atoms with Crippen molar-refractivity contribution in [3.8, 4) is 17.2 Å². The van der Waals surface area contributed by atoms with Crippen molar-refractivity contribution in [2.75, 3.05) is 40.1 Å². The van der Waals surface area contributed by atoms with Crippen LogP contribution in [0.5, 0.6) is 17.2 Å². The van der Waals surface area contributed by atoms with Gasteiger partial charge in [-0.2, -0.15) is 0 Å². The SMILES string of the molecule is CN(C[C@H]1CCCN2CCCC[C@H]12)C(=O)COc1ccc2c(c1)OCO2. The van der Waals surface area contributed by atoms with Gasteiger partial charge in [-0.3, -0.25) is 4.79 Å². The van der Waals surface area contributed by atoms with Gasteiger partial charge < -0.3 is 24.0 Å². The standard InChI is InChI=1S/C20H28N2O4/c1-21(12-15-5-4-10-22-9-3-2-6-17(15)22)20(23)13-24-16-7-8-18-19(11-16)26-14-25-18/h7-8,11,15,17H,2-6,9-10,12-14H2,1H3/t15-,17-/m1/s1. The molecule has 1 aromatic carbocycles. The molecule has 0 bridgehead atoms. The van der Waals surface area contributed by atoms with Crippen LogP contribution in [0, 0.1) is 5.92 Å². The predicted octanol–water partition coefficient (Wildman–Crippen LogP) is 2.52. The number of carbonyl (C=O) groups excluding carboxylic acids is 1. The Bertz CT molecular complexity index is 649. The van der Waals surface area contributed by atoms with Crippen LogP contribution in [0.1, 0.15) is 32.1 Å². The summed E-state index contributed by atoms with van der Waals surface area (Å²) in [5.41, 5.74) is 0. The molecular formula is C20H28N2O4. The lowest BCUT2D eigenvalue weighted by Gasteiger charge is -2.45. The summed E-state index contributed by atoms with van der Waals surface area (Å²) in [4.78, 5) is 17.0. The zero-order valence-electron chi connectivity index (χ0n) is 15.5. The normalized spacial score (nSPS) is 24.8. The van der Waals surface area contributed by atoms with Crippen LogP contribution < -0.4 is 14.2 Å². The lowest BCUT2D eigenvalue weighted by molar-refractivity contribution is -0.133. The number of rotatable bonds is 5. The highest BCUT2D eigenvalue weighted by Gasteiger charge is 2.34. The Balaban J connectivity index is 1.29. The molecular weight excluding hydrogens is 332 g/mol. The van der Waals surface area contributed by atoms with Crippen molar-refractivity contribution < 1.29 is 19.0 Å². The van der Waals surface area contributed by atoms with E-state index in [1.54, 1.807) is 6.07 Å². The second kappa shape index (κ2) is 7.74. The smallest absolute Gasteiger partial charge is 0.260 e. The number of ether oxygens (including phenoxy) is 3. The van der Waals surface area contributed by atoms with Gasteiger partial charge in [-0.15, -0.1) is 0 Å². The lowest BCUT2D eigenvalue weighted by atomic mass is 9.83. The molecule has 1 aromatic rings. The highest BCUT2D eigenvalue weighted by atomic mass is 16.7. The maximum absolute atomic E-state index is 12.5. The minimum Gasteiger partial charge on any atom is -0.484 e. The number of likely N-dealkylation sites (N-methyl/N-ethyl adjacent to an activating group) is 1. The molecule has 2 atom stereocenters. The molecule has 0 radical (unpaired) electrons. The summed E-state index contributed by atoms with van der Waals surface area (Å²) in [6.07, 6.45) is 6.39. The van der Waals surface area contributed by atoms with E-state index < -0.39 is 0 Å². The van der Waals surface area contributed by atoms with Gasteiger partial charge in [-0.25, -0.2) is 0 Å². The Morgan fingerprint density at radius 2 is 2.04 bits per heavy atom. The first-order valence-corrected chi connectivity index (χ1v) is 9.71. The number of nitrogens with zero attached hydrogens (tertiary/aromatic N) is 2. The van der Waals surface area contributed by atoms with E-state index in [2.05, 4.69) is 4.90 Å². The molecule has 3 heterocycles. The fourth-order valence-corrected chi connectivity index (χ4v) is 4.47. The molecule has 0 aliphatic carbocycles. The maximum atomic E-state index is 12.5. The van der Waals surface area contributed by atoms with Gasteiger partial charge in [-0.05, 0) is 56.8 Å². The van der Waals surface area contributed by atoms with Crippen molar-refractivity contribution in [2.24, 2.45) is 5.92 Å². The Morgan fingerprint density at radius 1 is 1.19 bits per heavy atom. The number of benzene rings is 1. The molecule has 6 nitrogen and oxygen atoms in total. The third kappa shape index (κ3) is 3.75. The summed E-state index contributed by atoms with van der Waals surface area (Å²) in [5, 5.41) is 0. The minimum atomic E-state index is 0.0237. The molecule has 0 saturated carbocycles. The average Bonchev–Trinajstić information content (AvgIpc) is 3.14. The Hall–Kier alpha value is -1.95. The molecule has 3 aliphatic rings. The lowest BCUT2D eigenvalue weighted by Crippen LogP contribution is -2.51. The van der Waals surface area contributed by atoms with Gasteiger partial charge in [0.15, 0.2) is 18.1 Å². The minimum absolute atomic E-state index is 0.0237. The third-order valence-corrected chi connectivity index (χ3v) is 5.87. The summed E-state index contributed by atoms with van der Waals surface area (Å²) in [5.74, 6) is 2.63. The molecule has 0 N–H and O–H groups in total. The zero-order valence-corrected chi connectivity index (χ0v) is 15.5. The highest BCUT2D eigenvalue weighted by Crippen LogP contribution is 2.35. The summed E-state index contributed by atoms with van der Waals surface area (Å²) in [6, 6.07) is 6.05. The predicted molar refractivity (Wildman–Crippen MR) is 97.6 cm³/mol. The van der Waals surface area contributed by atoms with Gasteiger partial charge >= 0.3 is 0 Å². The molecule has 6 heteroatoms. The number of fused-ring (bicyclic) bond motifs is 2. The quantitative estimate of drug-likeness (QED) is 0.808. The van der Waals surface area contributed by atoms with Crippen LogP contribution in [0.25, 0.3) is 0 Å². The van der Waals surface area contributed by atoms with Crippen molar-refractivity contribution in [1.82, 2.24) is 9.80 Å². The average molecular weight is 360 g/mol. The van der Waals surface area contributed by atoms with Crippen LogP contribution in [-0.4, -0.2) is 61.8 Å². The van der Waals surface area contributed by atoms with E-state index in [-0.39, 0.29) is 19.3 Å². The van der Waals surface area contributed by atoms with E-state index in [1.807, 2.05) is 24.1 Å². The molecule has 26 heavy (non-hydrogen) atoms. The summed E-state index contributed by atoms with van der Waals surface area (Å²) < 4.78 is 16.3. The molecule has 0 spiro atoms. The Labute approximate surface area is 155 Å². The van der Waals surface area contributed by atoms with Gasteiger partial charge in [-0.1, -0.05) is 6.42 Å². The third-order valence-electron chi connectivity index (χ3n) is 5.87. The number of hydrogen-bond acceptors (Lipinski definition) is 5. The second-order valence-corrected chi connectivity index (χ2v) is 7.58. The van der Waals surface area contributed by atoms with E-state index in [9.17, 15) is 4.79 Å². The van der Waals surface area contributed by atoms with E-state index in [4.69, 9.17) is 14.2 Å². The van der Waals surface area contributed by atoms with Crippen LogP contribution in [-0.2, 0) is 4.79 Å². The summed E-state index contributed by atoms with van der Waals surface area (Å²) >= 11 is 0. The molecule has 2 saturated heterocycles. The molecule has 3 aliphatic heterocycles. The highest BCUT2D eigenvalue weighted by molar-refractivity contribution is 5.77. The van der Waals surface area contributed by atoms with Gasteiger partial charge in [0.05, 0.1) is 0 Å². The van der Waals surface area contributed by atoms with Crippen molar-refractivity contribution in [3.63, 3.8) is 0 Å². The van der Waals surface area contributed by atoms with E-state index in [0.717, 1.165) is 12.3 Å². The van der Waals surface area contributed by atoms with Gasteiger partial charge in [0.1, 0.15) is 5.75 Å². The zero-order chi connectivity index (χ0) is 17.9. The topological polar surface area (TPSA) is 51.2 Å². The van der Waals surface area contributed by atoms with Crippen molar-refractivity contribution in [3.05, 3.63) is 18.2 Å². The van der Waals surface area contributed by atoms with Crippen LogP contribution >= 0.6 is 0 Å². The van der Waals surface area contributed by atoms with Crippen molar-refractivity contribution in [1.29, 1.82) is 0 Å². The first-order valence-electron chi connectivity index (χ1n) is 9.71. The largest absolute Gasteiger partial charge is 0.484 e. The monoisotopic (exact) mass is 360 g/mol. The molecule has 1 amide bonds. The Morgan fingerprint density at radius 3 is 2.96 bits per heavy atom. The molecule has 4 rings (SSSR count). The maximum Gasteiger partial charge on any atom is 0.260 e. The summed E-state index contributed by atoms with van der Waals surface area (Å²) in [6.45, 7) is 3.57. The number of carbonyl (C=O) groups is 1. The van der Waals surface area contributed by atoms with Crippen LogP contribution in [0.4, 0.5) is 0 Å². The molecule has 0 aromatic heterocycles. The number of piperidine rings is 2. The fourth-order valence-electron chi connectivity index (χ4n) is 4.47. The van der Waals surface area contributed by atoms with Crippen LogP contribution in [0.2, 0.25) is 0 Å². The van der Waals surface area contributed by atoms with Gasteiger partial charge in [0.2, 0.25) is 6.79 Å². The fraction of sp³-hybridized carbons (Fsp3) is 0.650. The van der Waals surface area contributed by atoms with E-state index in [1.165, 1.54) is 45.2 Å². The van der Waals surface area contributed by atoms with E-state index in [0.29, 0.717) is 23.5 Å². The van der Waals surface area contributed by atoms with Gasteiger partial charge in [0, 0.05) is 25.7 Å².